The topological polar surface area (TPSA) is 12.0 Å². The number of thioether (sulfide) groups is 1. The molecule has 1 nitrogen and oxygen atoms in total. The average Bonchev–Trinajstić information content (AvgIpc) is 2.03. The number of rotatable bonds is 6. The summed E-state index contributed by atoms with van der Waals surface area (Å²) in [4.78, 5) is 0. The lowest BCUT2D eigenvalue weighted by atomic mass is 9.78. The summed E-state index contributed by atoms with van der Waals surface area (Å²) in [5, 5.41) is 3.87. The summed E-state index contributed by atoms with van der Waals surface area (Å²) in [7, 11) is 0. The maximum Gasteiger partial charge on any atom is 0.0251 e. The molecule has 0 spiro atoms. The normalized spacial score (nSPS) is 25.5. The molecular formula is C12H23NS. The van der Waals surface area contributed by atoms with E-state index in [1.807, 2.05) is 0 Å². The zero-order valence-electron chi connectivity index (χ0n) is 9.30. The van der Waals surface area contributed by atoms with E-state index in [0.29, 0.717) is 0 Å². The van der Waals surface area contributed by atoms with Crippen LogP contribution >= 0.6 is 11.8 Å². The highest BCUT2D eigenvalue weighted by Crippen LogP contribution is 2.33. The molecule has 0 aromatic carbocycles. The molecule has 0 radical (unpaired) electrons. The number of hydrogen-bond donors (Lipinski definition) is 1. The van der Waals surface area contributed by atoms with Gasteiger partial charge in [-0.25, -0.2) is 0 Å². The lowest BCUT2D eigenvalue weighted by Crippen LogP contribution is -2.50. The first kappa shape index (κ1) is 10.8. The second kappa shape index (κ2) is 5.41. The zero-order chi connectivity index (χ0) is 9.80. The third-order valence-corrected chi connectivity index (χ3v) is 4.95. The fourth-order valence-corrected chi connectivity index (χ4v) is 3.02. The van der Waals surface area contributed by atoms with E-state index < -0.39 is 0 Å². The minimum Gasteiger partial charge on any atom is -0.309 e. The van der Waals surface area contributed by atoms with Crippen molar-refractivity contribution in [1.29, 1.82) is 0 Å². The molecule has 0 bridgehead atoms. The third kappa shape index (κ3) is 2.66. The summed E-state index contributed by atoms with van der Waals surface area (Å²) in [5.41, 5.74) is 0. The Labute approximate surface area is 92.4 Å². The number of unbranched alkanes of at least 4 members (excludes halogenated alkanes) is 1. The Hall–Kier alpha value is 0.310. The van der Waals surface area contributed by atoms with Crippen molar-refractivity contribution in [1.82, 2.24) is 5.32 Å². The second-order valence-electron chi connectivity index (χ2n) is 4.84. The van der Waals surface area contributed by atoms with E-state index in [-0.39, 0.29) is 0 Å². The summed E-state index contributed by atoms with van der Waals surface area (Å²) in [6, 6.07) is 1.71. The molecule has 1 aliphatic carbocycles. The van der Waals surface area contributed by atoms with Gasteiger partial charge in [-0.1, -0.05) is 26.2 Å². The van der Waals surface area contributed by atoms with Crippen molar-refractivity contribution in [3.05, 3.63) is 0 Å². The lowest BCUT2D eigenvalue weighted by molar-refractivity contribution is 0.207. The Balaban J connectivity index is 1.72. The van der Waals surface area contributed by atoms with Crippen molar-refractivity contribution < 1.29 is 0 Å². The molecule has 2 fully saturated rings. The first-order valence-corrected chi connectivity index (χ1v) is 7.39. The van der Waals surface area contributed by atoms with Crippen LogP contribution in [0.1, 0.15) is 45.4 Å². The van der Waals surface area contributed by atoms with Crippen molar-refractivity contribution in [3.8, 4) is 0 Å². The van der Waals surface area contributed by atoms with Crippen molar-refractivity contribution in [3.63, 3.8) is 0 Å². The van der Waals surface area contributed by atoms with Crippen LogP contribution in [0.25, 0.3) is 0 Å². The predicted octanol–water partition coefficient (Wildman–Crippen LogP) is 3.05. The lowest BCUT2D eigenvalue weighted by Gasteiger charge is -2.39. The fourth-order valence-electron chi connectivity index (χ4n) is 2.36. The van der Waals surface area contributed by atoms with E-state index in [0.717, 1.165) is 18.0 Å². The zero-order valence-corrected chi connectivity index (χ0v) is 10.1. The molecular weight excluding hydrogens is 190 g/mol. The number of hydrogen-bond acceptors (Lipinski definition) is 2. The van der Waals surface area contributed by atoms with E-state index in [2.05, 4.69) is 24.0 Å². The quantitative estimate of drug-likeness (QED) is 0.728. The van der Waals surface area contributed by atoms with Crippen LogP contribution in [0.4, 0.5) is 0 Å². The van der Waals surface area contributed by atoms with Gasteiger partial charge in [0.15, 0.2) is 0 Å². The summed E-state index contributed by atoms with van der Waals surface area (Å²) in [5.74, 6) is 3.73. The van der Waals surface area contributed by atoms with Crippen LogP contribution < -0.4 is 5.32 Å². The molecule has 2 rings (SSSR count). The van der Waals surface area contributed by atoms with Gasteiger partial charge in [0, 0.05) is 23.6 Å². The Morgan fingerprint density at radius 2 is 2.14 bits per heavy atom. The predicted molar refractivity (Wildman–Crippen MR) is 64.9 cm³/mol. The van der Waals surface area contributed by atoms with Gasteiger partial charge in [-0.15, -0.1) is 0 Å². The molecule has 1 unspecified atom stereocenters. The van der Waals surface area contributed by atoms with Crippen LogP contribution in [0.15, 0.2) is 0 Å². The van der Waals surface area contributed by atoms with Crippen LogP contribution in [0.5, 0.6) is 0 Å². The highest BCUT2D eigenvalue weighted by molar-refractivity contribution is 8.00. The van der Waals surface area contributed by atoms with Crippen molar-refractivity contribution in [2.45, 2.75) is 57.5 Å². The van der Waals surface area contributed by atoms with Gasteiger partial charge in [-0.05, 0) is 25.2 Å². The highest BCUT2D eigenvalue weighted by Gasteiger charge is 2.30. The van der Waals surface area contributed by atoms with Crippen LogP contribution in [-0.4, -0.2) is 23.6 Å². The smallest absolute Gasteiger partial charge is 0.0251 e. The van der Waals surface area contributed by atoms with Crippen LogP contribution in [0.2, 0.25) is 0 Å². The minimum atomic E-state index is 0.849. The van der Waals surface area contributed by atoms with Gasteiger partial charge >= 0.3 is 0 Å². The standard InChI is InChI=1S/C12H23NS/c1-2-3-7-12(10-5-4-6-10)13-11-8-14-9-11/h10-13H,2-9H2,1H3. The fraction of sp³-hybridized carbons (Fsp3) is 1.00. The Morgan fingerprint density at radius 3 is 2.57 bits per heavy atom. The Morgan fingerprint density at radius 1 is 1.36 bits per heavy atom. The highest BCUT2D eigenvalue weighted by atomic mass is 32.2. The Bertz CT molecular complexity index is 164. The molecule has 1 heterocycles. The van der Waals surface area contributed by atoms with Gasteiger partial charge in [0.05, 0.1) is 0 Å². The van der Waals surface area contributed by atoms with Gasteiger partial charge in [0.25, 0.3) is 0 Å². The third-order valence-electron chi connectivity index (χ3n) is 3.68. The Kier molecular flexibility index (Phi) is 4.18. The first-order valence-electron chi connectivity index (χ1n) is 6.24. The van der Waals surface area contributed by atoms with Gasteiger partial charge in [0.2, 0.25) is 0 Å². The van der Waals surface area contributed by atoms with Crippen LogP contribution in [0.3, 0.4) is 0 Å². The average molecular weight is 213 g/mol. The van der Waals surface area contributed by atoms with Crippen molar-refractivity contribution in [2.75, 3.05) is 11.5 Å². The molecule has 0 aromatic heterocycles. The van der Waals surface area contributed by atoms with E-state index in [1.165, 1.54) is 50.0 Å². The van der Waals surface area contributed by atoms with Gasteiger partial charge in [0.1, 0.15) is 0 Å². The molecule has 0 aromatic rings. The molecule has 2 aliphatic rings. The van der Waals surface area contributed by atoms with Crippen LogP contribution in [0, 0.1) is 5.92 Å². The molecule has 0 amide bonds. The summed E-state index contributed by atoms with van der Waals surface area (Å²) < 4.78 is 0. The molecule has 1 atom stereocenters. The maximum atomic E-state index is 3.87. The molecule has 82 valence electrons. The first-order chi connectivity index (χ1) is 6.90. The van der Waals surface area contributed by atoms with Crippen molar-refractivity contribution in [2.24, 2.45) is 5.92 Å². The number of nitrogens with one attached hydrogen (secondary N) is 1. The van der Waals surface area contributed by atoms with E-state index in [9.17, 15) is 0 Å². The largest absolute Gasteiger partial charge is 0.309 e. The summed E-state index contributed by atoms with van der Waals surface area (Å²) >= 11 is 2.09. The SMILES string of the molecule is CCCCC(NC1CSC1)C1CCC1. The van der Waals surface area contributed by atoms with Gasteiger partial charge in [-0.2, -0.15) is 11.8 Å². The van der Waals surface area contributed by atoms with E-state index in [4.69, 9.17) is 0 Å². The van der Waals surface area contributed by atoms with E-state index >= 15 is 0 Å². The molecule has 1 aliphatic heterocycles. The molecule has 2 heteroatoms. The van der Waals surface area contributed by atoms with Gasteiger partial charge < -0.3 is 5.32 Å². The molecule has 1 saturated carbocycles. The van der Waals surface area contributed by atoms with Crippen LogP contribution in [-0.2, 0) is 0 Å². The van der Waals surface area contributed by atoms with Crippen molar-refractivity contribution >= 4 is 11.8 Å². The summed E-state index contributed by atoms with van der Waals surface area (Å²) in [6.45, 7) is 2.30. The summed E-state index contributed by atoms with van der Waals surface area (Å²) in [6.07, 6.45) is 8.64. The second-order valence-corrected chi connectivity index (χ2v) is 5.92. The van der Waals surface area contributed by atoms with Gasteiger partial charge in [-0.3, -0.25) is 0 Å². The molecule has 14 heavy (non-hydrogen) atoms. The van der Waals surface area contributed by atoms with E-state index in [1.54, 1.807) is 0 Å². The minimum absolute atomic E-state index is 0.849. The monoisotopic (exact) mass is 213 g/mol. The molecule has 1 N–H and O–H groups in total. The molecule has 1 saturated heterocycles. The maximum absolute atomic E-state index is 3.87.